The number of anilines is 1. The van der Waals surface area contributed by atoms with Crippen molar-refractivity contribution in [2.75, 3.05) is 31.6 Å². The van der Waals surface area contributed by atoms with Crippen molar-refractivity contribution in [1.82, 2.24) is 20.5 Å². The standard InChI is InChI=1S/C37H49N5O7S/c1-23(25-9-11-26(12-10-25)32-24(2)39-22-50-32)40-34(45)30-19-29(43)20-42(30)35(46)33(37(3,4)5)41-31(44)21-49-18-8-6-7-17-38-28-15-13-27(14-16-28)36(47)48/h9-16,22-23,29-30,33,38,43H,6-8,17-21H2,1-5H3,(H,40,45)(H,41,44)(H,47,48)/t23-,29+,30-,33?/m0/s1. The molecule has 12 nitrogen and oxygen atoms in total. The highest BCUT2D eigenvalue weighted by Crippen LogP contribution is 2.29. The highest BCUT2D eigenvalue weighted by atomic mass is 32.1. The van der Waals surface area contributed by atoms with Crippen molar-refractivity contribution in [3.8, 4) is 10.4 Å². The first kappa shape index (κ1) is 38.5. The van der Waals surface area contributed by atoms with Crippen molar-refractivity contribution in [2.24, 2.45) is 5.41 Å². The van der Waals surface area contributed by atoms with Crippen LogP contribution in [0.15, 0.2) is 54.0 Å². The van der Waals surface area contributed by atoms with Crippen molar-refractivity contribution in [3.63, 3.8) is 0 Å². The lowest BCUT2D eigenvalue weighted by Gasteiger charge is -2.35. The highest BCUT2D eigenvalue weighted by Gasteiger charge is 2.44. The van der Waals surface area contributed by atoms with Crippen LogP contribution in [0.25, 0.3) is 10.4 Å². The number of aliphatic hydroxyl groups is 1. The van der Waals surface area contributed by atoms with Crippen molar-refractivity contribution < 1.29 is 34.1 Å². The molecule has 0 radical (unpaired) electrons. The highest BCUT2D eigenvalue weighted by molar-refractivity contribution is 7.13. The zero-order valence-electron chi connectivity index (χ0n) is 29.4. The Morgan fingerprint density at radius 3 is 2.34 bits per heavy atom. The summed E-state index contributed by atoms with van der Waals surface area (Å²) >= 11 is 1.57. The summed E-state index contributed by atoms with van der Waals surface area (Å²) in [7, 11) is 0. The van der Waals surface area contributed by atoms with Gasteiger partial charge in [-0.25, -0.2) is 9.78 Å². The molecule has 2 aromatic carbocycles. The van der Waals surface area contributed by atoms with Gasteiger partial charge in [-0.3, -0.25) is 14.4 Å². The van der Waals surface area contributed by atoms with E-state index in [2.05, 4.69) is 20.9 Å². The number of unbranched alkanes of at least 4 members (excludes halogenated alkanes) is 2. The van der Waals surface area contributed by atoms with Crippen LogP contribution in [0, 0.1) is 12.3 Å². The third kappa shape index (κ3) is 10.6. The maximum absolute atomic E-state index is 13.9. The molecule has 0 aliphatic carbocycles. The van der Waals surface area contributed by atoms with Gasteiger partial charge in [-0.1, -0.05) is 45.0 Å². The monoisotopic (exact) mass is 707 g/mol. The van der Waals surface area contributed by atoms with Crippen molar-refractivity contribution in [2.45, 2.75) is 84.5 Å². The van der Waals surface area contributed by atoms with E-state index < -0.39 is 41.4 Å². The first-order chi connectivity index (χ1) is 23.7. The number of carboxylic acids is 1. The zero-order valence-corrected chi connectivity index (χ0v) is 30.2. The predicted molar refractivity (Wildman–Crippen MR) is 193 cm³/mol. The zero-order chi connectivity index (χ0) is 36.4. The second kappa shape index (κ2) is 17.6. The molecule has 2 heterocycles. The first-order valence-electron chi connectivity index (χ1n) is 17.0. The van der Waals surface area contributed by atoms with Gasteiger partial charge in [0, 0.05) is 31.8 Å². The lowest BCUT2D eigenvalue weighted by Crippen LogP contribution is -2.58. The van der Waals surface area contributed by atoms with Crippen molar-refractivity contribution >= 4 is 40.7 Å². The third-order valence-corrected chi connectivity index (χ3v) is 9.70. The molecular formula is C37H49N5O7S. The van der Waals surface area contributed by atoms with Crippen molar-refractivity contribution in [3.05, 3.63) is 70.9 Å². The normalized spacial score (nSPS) is 17.2. The number of benzene rings is 2. The smallest absolute Gasteiger partial charge is 0.335 e. The molecule has 13 heteroatoms. The number of hydrogen-bond donors (Lipinski definition) is 5. The minimum absolute atomic E-state index is 0.00432. The predicted octanol–water partition coefficient (Wildman–Crippen LogP) is 4.79. The number of carbonyl (C=O) groups excluding carboxylic acids is 3. The van der Waals surface area contributed by atoms with Crippen molar-refractivity contribution in [1.29, 1.82) is 0 Å². The molecule has 3 aromatic rings. The van der Waals surface area contributed by atoms with Crippen LogP contribution < -0.4 is 16.0 Å². The summed E-state index contributed by atoms with van der Waals surface area (Å²) in [5.74, 6) is -2.18. The average molecular weight is 708 g/mol. The molecule has 0 bridgehead atoms. The summed E-state index contributed by atoms with van der Waals surface area (Å²) in [6.45, 7) is 10.2. The Kier molecular flexibility index (Phi) is 13.5. The fourth-order valence-electron chi connectivity index (χ4n) is 5.85. The quantitative estimate of drug-likeness (QED) is 0.132. The molecule has 3 amide bonds. The van der Waals surface area contributed by atoms with Gasteiger partial charge in [0.05, 0.1) is 33.8 Å². The number of carbonyl (C=O) groups is 4. The number of carboxylic acid groups (broad SMARTS) is 1. The molecule has 1 unspecified atom stereocenters. The first-order valence-corrected chi connectivity index (χ1v) is 17.9. The molecule has 1 aromatic heterocycles. The fourth-order valence-corrected chi connectivity index (χ4v) is 6.66. The minimum Gasteiger partial charge on any atom is -0.478 e. The number of aliphatic hydroxyl groups excluding tert-OH is 1. The Morgan fingerprint density at radius 2 is 1.72 bits per heavy atom. The van der Waals surface area contributed by atoms with Crippen LogP contribution in [-0.2, 0) is 19.1 Å². The van der Waals surface area contributed by atoms with E-state index in [1.165, 1.54) is 4.90 Å². The van der Waals surface area contributed by atoms with E-state index in [1.807, 2.05) is 64.4 Å². The average Bonchev–Trinajstić information content (AvgIpc) is 3.69. The number of amides is 3. The molecule has 0 saturated carbocycles. The summed E-state index contributed by atoms with van der Waals surface area (Å²) in [5, 5.41) is 28.6. The summed E-state index contributed by atoms with van der Waals surface area (Å²) in [5.41, 5.74) is 5.15. The van der Waals surface area contributed by atoms with E-state index in [1.54, 1.807) is 35.6 Å². The van der Waals surface area contributed by atoms with Gasteiger partial charge in [-0.2, -0.15) is 0 Å². The van der Waals surface area contributed by atoms with Crippen LogP contribution in [0.3, 0.4) is 0 Å². The number of aryl methyl sites for hydroxylation is 1. The Labute approximate surface area is 297 Å². The number of likely N-dealkylation sites (tertiary alicyclic amines) is 1. The number of rotatable bonds is 16. The maximum Gasteiger partial charge on any atom is 0.335 e. The topological polar surface area (TPSA) is 170 Å². The van der Waals surface area contributed by atoms with Gasteiger partial charge >= 0.3 is 5.97 Å². The molecule has 50 heavy (non-hydrogen) atoms. The Hall–Kier alpha value is -4.33. The van der Waals surface area contributed by atoms with Gasteiger partial charge in [0.1, 0.15) is 18.7 Å². The summed E-state index contributed by atoms with van der Waals surface area (Å²) in [6.07, 6.45) is 1.71. The summed E-state index contributed by atoms with van der Waals surface area (Å²) in [6, 6.07) is 12.3. The molecule has 4 atom stereocenters. The van der Waals surface area contributed by atoms with Gasteiger partial charge in [0.15, 0.2) is 0 Å². The molecule has 1 aliphatic heterocycles. The molecule has 0 spiro atoms. The fraction of sp³-hybridized carbons (Fsp3) is 0.486. The van der Waals surface area contributed by atoms with E-state index in [4.69, 9.17) is 9.84 Å². The lowest BCUT2D eigenvalue weighted by atomic mass is 9.85. The SMILES string of the molecule is Cc1ncsc1-c1ccc([C@H](C)NC(=O)[C@@H]2C[C@@H](O)CN2C(=O)C(NC(=O)COCCCCCNc2ccc(C(=O)O)cc2)C(C)(C)C)cc1. The molecule has 5 N–H and O–H groups in total. The number of aromatic carboxylic acids is 1. The number of hydrogen-bond acceptors (Lipinski definition) is 9. The van der Waals surface area contributed by atoms with E-state index in [0.29, 0.717) is 13.2 Å². The molecular weight excluding hydrogens is 659 g/mol. The van der Waals surface area contributed by atoms with Gasteiger partial charge in [-0.15, -0.1) is 11.3 Å². The van der Waals surface area contributed by atoms with Crippen LogP contribution in [0.5, 0.6) is 0 Å². The van der Waals surface area contributed by atoms with Crippen LogP contribution in [-0.4, -0.2) is 88.3 Å². The largest absolute Gasteiger partial charge is 0.478 e. The van der Waals surface area contributed by atoms with Crippen LogP contribution in [0.4, 0.5) is 5.69 Å². The number of nitrogens with one attached hydrogen (secondary N) is 3. The second-order valence-corrected chi connectivity index (χ2v) is 14.7. The van der Waals surface area contributed by atoms with E-state index in [0.717, 1.165) is 46.6 Å². The van der Waals surface area contributed by atoms with Gasteiger partial charge in [0.2, 0.25) is 17.7 Å². The third-order valence-electron chi connectivity index (χ3n) is 8.72. The van der Waals surface area contributed by atoms with Gasteiger partial charge in [0.25, 0.3) is 0 Å². The molecule has 1 aliphatic rings. The van der Waals surface area contributed by atoms with E-state index >= 15 is 0 Å². The maximum atomic E-state index is 13.9. The van der Waals surface area contributed by atoms with Crippen LogP contribution in [0.1, 0.15) is 81.0 Å². The van der Waals surface area contributed by atoms with Gasteiger partial charge < -0.3 is 35.8 Å². The number of ether oxygens (including phenoxy) is 1. The van der Waals surface area contributed by atoms with Crippen LogP contribution in [0.2, 0.25) is 0 Å². The van der Waals surface area contributed by atoms with E-state index in [9.17, 15) is 24.3 Å². The summed E-state index contributed by atoms with van der Waals surface area (Å²) < 4.78 is 5.59. The molecule has 1 saturated heterocycles. The summed E-state index contributed by atoms with van der Waals surface area (Å²) in [4.78, 5) is 58.1. The molecule has 1 fully saturated rings. The van der Waals surface area contributed by atoms with Crippen LogP contribution >= 0.6 is 11.3 Å². The number of β-amino-alcohol motifs (C(OH)–C–C–N with tert-alkyl or cyclic N) is 1. The molecule has 4 rings (SSSR count). The Balaban J connectivity index is 1.23. The second-order valence-electron chi connectivity index (χ2n) is 13.8. The number of aromatic nitrogens is 1. The van der Waals surface area contributed by atoms with E-state index in [-0.39, 0.29) is 37.1 Å². The number of thiazole rings is 1. The Bertz CT molecular complexity index is 1600. The molecule has 270 valence electrons. The Morgan fingerprint density at radius 1 is 1.02 bits per heavy atom. The van der Waals surface area contributed by atoms with Gasteiger partial charge in [-0.05, 0) is 73.9 Å². The number of nitrogens with zero attached hydrogens (tertiary/aromatic N) is 2. The lowest BCUT2D eigenvalue weighted by molar-refractivity contribution is -0.144. The minimum atomic E-state index is -0.961.